The quantitative estimate of drug-likeness (QED) is 0.399. The number of halogens is 4. The minimum atomic E-state index is -1.92. The number of alkyl halides is 1. The van der Waals surface area contributed by atoms with Crippen molar-refractivity contribution in [3.63, 3.8) is 0 Å². The van der Waals surface area contributed by atoms with Crippen LogP contribution in [0.3, 0.4) is 0 Å². The van der Waals surface area contributed by atoms with Gasteiger partial charge in [0.05, 0.1) is 6.61 Å². The summed E-state index contributed by atoms with van der Waals surface area (Å²) in [6.07, 6.45) is -0.554. The molecule has 0 amide bonds. The second-order valence-corrected chi connectivity index (χ2v) is 7.72. The molecule has 0 saturated carbocycles. The van der Waals surface area contributed by atoms with Gasteiger partial charge < -0.3 is 15.6 Å². The van der Waals surface area contributed by atoms with Gasteiger partial charge in [0.15, 0.2) is 17.2 Å². The Morgan fingerprint density at radius 3 is 2.55 bits per heavy atom. The molecule has 0 radical (unpaired) electrons. The van der Waals surface area contributed by atoms with Crippen LogP contribution >= 0.6 is 0 Å². The highest BCUT2D eigenvalue weighted by Gasteiger charge is 2.34. The van der Waals surface area contributed by atoms with Crippen LogP contribution < -0.4 is 10.5 Å². The van der Waals surface area contributed by atoms with Gasteiger partial charge in [0.25, 0.3) is 0 Å². The number of rotatable bonds is 7. The van der Waals surface area contributed by atoms with Crippen LogP contribution in [-0.2, 0) is 5.60 Å². The van der Waals surface area contributed by atoms with Crippen LogP contribution in [0.25, 0.3) is 16.8 Å². The molecule has 0 bridgehead atoms. The molecule has 172 valence electrons. The summed E-state index contributed by atoms with van der Waals surface area (Å²) in [7, 11) is 0. The molecule has 4 rings (SSSR count). The zero-order valence-electron chi connectivity index (χ0n) is 17.5. The van der Waals surface area contributed by atoms with Crippen LogP contribution in [0.1, 0.15) is 18.9 Å². The van der Waals surface area contributed by atoms with Gasteiger partial charge >= 0.3 is 0 Å². The van der Waals surface area contributed by atoms with Crippen molar-refractivity contribution in [3.8, 4) is 16.9 Å². The summed E-state index contributed by atoms with van der Waals surface area (Å²) in [6, 6.07) is 10.3. The van der Waals surface area contributed by atoms with Crippen molar-refractivity contribution < 1.29 is 27.4 Å². The number of anilines is 1. The van der Waals surface area contributed by atoms with Gasteiger partial charge in [0, 0.05) is 12.6 Å². The third-order valence-electron chi connectivity index (χ3n) is 5.35. The summed E-state index contributed by atoms with van der Waals surface area (Å²) in [5.41, 5.74) is 5.07. The highest BCUT2D eigenvalue weighted by Crippen LogP contribution is 2.32. The summed E-state index contributed by atoms with van der Waals surface area (Å²) in [4.78, 5) is 4.03. The van der Waals surface area contributed by atoms with E-state index in [2.05, 4.69) is 10.1 Å². The van der Waals surface area contributed by atoms with Gasteiger partial charge in [-0.3, -0.25) is 0 Å². The molecule has 0 fully saturated rings. The van der Waals surface area contributed by atoms with Gasteiger partial charge in [-0.05, 0) is 60.0 Å². The first-order valence-corrected chi connectivity index (χ1v) is 10.0. The van der Waals surface area contributed by atoms with E-state index in [9.17, 15) is 22.7 Å². The molecule has 0 aliphatic rings. The molecular formula is C23H20F4N4O2. The largest absolute Gasteiger partial charge is 0.490 e. The minimum absolute atomic E-state index is 0.0683. The molecule has 2 unspecified atom stereocenters. The Morgan fingerprint density at radius 1 is 1.09 bits per heavy atom. The van der Waals surface area contributed by atoms with Crippen molar-refractivity contribution in [2.75, 3.05) is 12.3 Å². The van der Waals surface area contributed by atoms with Crippen molar-refractivity contribution >= 4 is 11.6 Å². The maximum Gasteiger partial charge on any atom is 0.240 e. The summed E-state index contributed by atoms with van der Waals surface area (Å²) < 4.78 is 63.1. The van der Waals surface area contributed by atoms with Crippen LogP contribution in [0.5, 0.6) is 5.75 Å². The topological polar surface area (TPSA) is 85.7 Å². The van der Waals surface area contributed by atoms with Gasteiger partial charge in [0.1, 0.15) is 17.6 Å². The molecule has 10 heteroatoms. The third-order valence-corrected chi connectivity index (χ3v) is 5.35. The van der Waals surface area contributed by atoms with Crippen molar-refractivity contribution in [2.45, 2.75) is 25.1 Å². The fraction of sp³-hybridized carbons (Fsp3) is 0.217. The Bertz CT molecular complexity index is 1290. The van der Waals surface area contributed by atoms with E-state index in [1.807, 2.05) is 0 Å². The molecule has 0 saturated heterocycles. The molecule has 6 nitrogen and oxygen atoms in total. The average molecular weight is 460 g/mol. The van der Waals surface area contributed by atoms with Gasteiger partial charge in [0.2, 0.25) is 11.8 Å². The number of aromatic nitrogens is 3. The normalized spacial score (nSPS) is 14.2. The van der Waals surface area contributed by atoms with E-state index in [1.165, 1.54) is 29.6 Å². The molecule has 0 aliphatic heterocycles. The predicted molar refractivity (Wildman–Crippen MR) is 114 cm³/mol. The first-order chi connectivity index (χ1) is 15.6. The van der Waals surface area contributed by atoms with Crippen molar-refractivity contribution in [3.05, 3.63) is 77.7 Å². The number of nitrogens with two attached hydrogens (primary N) is 1. The first kappa shape index (κ1) is 22.5. The molecule has 0 aliphatic carbocycles. The smallest absolute Gasteiger partial charge is 0.240 e. The number of hydrogen-bond donors (Lipinski definition) is 2. The predicted octanol–water partition coefficient (Wildman–Crippen LogP) is 4.41. The van der Waals surface area contributed by atoms with E-state index in [0.717, 1.165) is 18.2 Å². The number of aliphatic hydroxyl groups is 1. The monoisotopic (exact) mass is 460 g/mol. The van der Waals surface area contributed by atoms with Gasteiger partial charge in [-0.15, -0.1) is 5.10 Å². The number of hydrogen-bond acceptors (Lipinski definition) is 5. The maximum atomic E-state index is 14.7. The molecular weight excluding hydrogens is 440 g/mol. The maximum absolute atomic E-state index is 14.7. The summed E-state index contributed by atoms with van der Waals surface area (Å²) in [5.74, 6) is -3.21. The van der Waals surface area contributed by atoms with Crippen LogP contribution in [0.2, 0.25) is 0 Å². The molecule has 2 atom stereocenters. The summed E-state index contributed by atoms with van der Waals surface area (Å²) in [6.45, 7) is 0.914. The minimum Gasteiger partial charge on any atom is -0.490 e. The van der Waals surface area contributed by atoms with E-state index in [0.29, 0.717) is 16.8 Å². The highest BCUT2D eigenvalue weighted by atomic mass is 19.2. The zero-order chi connectivity index (χ0) is 23.8. The molecule has 2 aromatic heterocycles. The SMILES string of the molecule is CC(O)(c1ccc(F)cc1)C(F)CCOc1cc(-c2ccn3nc(N)nc3c2)cc(F)c1F. The third kappa shape index (κ3) is 4.61. The first-order valence-electron chi connectivity index (χ1n) is 10.0. The van der Waals surface area contributed by atoms with Crippen molar-refractivity contribution in [2.24, 2.45) is 0 Å². The van der Waals surface area contributed by atoms with Crippen LogP contribution in [0.15, 0.2) is 54.7 Å². The van der Waals surface area contributed by atoms with Gasteiger partial charge in [-0.25, -0.2) is 17.7 Å². The standard InChI is InChI=1S/C23H20F4N4O2/c1-23(32,15-2-4-16(24)5-3-15)19(26)7-9-33-18-11-14(10-17(25)21(18)27)13-6-8-31-20(12-13)29-22(28)30-31/h2-6,8,10-12,19,32H,7,9H2,1H3,(H2,28,30). The lowest BCUT2D eigenvalue weighted by atomic mass is 9.89. The van der Waals surface area contributed by atoms with Crippen molar-refractivity contribution in [1.82, 2.24) is 14.6 Å². The molecule has 3 N–H and O–H groups in total. The Hall–Kier alpha value is -3.66. The van der Waals surface area contributed by atoms with Gasteiger partial charge in [-0.1, -0.05) is 12.1 Å². The lowest BCUT2D eigenvalue weighted by Crippen LogP contribution is -2.34. The second kappa shape index (κ2) is 8.70. The van der Waals surface area contributed by atoms with E-state index in [1.54, 1.807) is 18.3 Å². The van der Waals surface area contributed by atoms with E-state index < -0.39 is 35.0 Å². The molecule has 33 heavy (non-hydrogen) atoms. The van der Waals surface area contributed by atoms with Gasteiger partial charge in [-0.2, -0.15) is 9.37 Å². The number of fused-ring (bicyclic) bond motifs is 1. The Labute approximate surface area is 186 Å². The molecule has 2 aromatic carbocycles. The summed E-state index contributed by atoms with van der Waals surface area (Å²) >= 11 is 0. The average Bonchev–Trinajstić information content (AvgIpc) is 3.15. The van der Waals surface area contributed by atoms with E-state index in [4.69, 9.17) is 10.5 Å². The number of nitrogen functional groups attached to an aromatic ring is 1. The highest BCUT2D eigenvalue weighted by molar-refractivity contribution is 5.69. The number of ether oxygens (including phenoxy) is 1. The lowest BCUT2D eigenvalue weighted by Gasteiger charge is -2.28. The van der Waals surface area contributed by atoms with Crippen LogP contribution in [0, 0.1) is 17.5 Å². The molecule has 4 aromatic rings. The number of pyridine rings is 1. The Balaban J connectivity index is 1.49. The van der Waals surface area contributed by atoms with Crippen LogP contribution in [-0.4, -0.2) is 32.5 Å². The van der Waals surface area contributed by atoms with Crippen molar-refractivity contribution in [1.29, 1.82) is 0 Å². The Morgan fingerprint density at radius 2 is 1.82 bits per heavy atom. The zero-order valence-corrected chi connectivity index (χ0v) is 17.5. The van der Waals surface area contributed by atoms with E-state index in [-0.39, 0.29) is 24.5 Å². The summed E-state index contributed by atoms with van der Waals surface area (Å²) in [5, 5.41) is 14.5. The van der Waals surface area contributed by atoms with E-state index >= 15 is 0 Å². The Kier molecular flexibility index (Phi) is 5.94. The molecule has 0 spiro atoms. The number of nitrogens with zero attached hydrogens (tertiary/aromatic N) is 3. The fourth-order valence-corrected chi connectivity index (χ4v) is 3.44. The second-order valence-electron chi connectivity index (χ2n) is 7.72. The fourth-order valence-electron chi connectivity index (χ4n) is 3.44. The molecule has 2 heterocycles. The number of benzene rings is 2. The lowest BCUT2D eigenvalue weighted by molar-refractivity contribution is -0.0323. The van der Waals surface area contributed by atoms with Crippen LogP contribution in [0.4, 0.5) is 23.5 Å².